The highest BCUT2D eigenvalue weighted by Crippen LogP contribution is 2.35. The second-order valence-electron chi connectivity index (χ2n) is 7.18. The second-order valence-corrected chi connectivity index (χ2v) is 7.18. The number of amides is 1. The lowest BCUT2D eigenvalue weighted by Gasteiger charge is -2.38. The maximum atomic E-state index is 12.4. The zero-order chi connectivity index (χ0) is 17.0. The molecule has 2 unspecified atom stereocenters. The SMILES string of the molecule is CCC(CC)n1nc(C(=O)NCC2(C)CCCCC2O)cc1C. The molecular formula is C18H31N3O2. The van der Waals surface area contributed by atoms with Crippen molar-refractivity contribution in [3.05, 3.63) is 17.5 Å². The molecule has 130 valence electrons. The van der Waals surface area contributed by atoms with Crippen molar-refractivity contribution in [1.82, 2.24) is 15.1 Å². The number of nitrogens with zero attached hydrogens (tertiary/aromatic N) is 2. The molecule has 0 spiro atoms. The summed E-state index contributed by atoms with van der Waals surface area (Å²) in [5.74, 6) is -0.142. The van der Waals surface area contributed by atoms with Crippen LogP contribution < -0.4 is 5.32 Å². The Morgan fingerprint density at radius 2 is 2.17 bits per heavy atom. The number of aliphatic hydroxyl groups excluding tert-OH is 1. The molecule has 0 aliphatic heterocycles. The molecule has 0 radical (unpaired) electrons. The lowest BCUT2D eigenvalue weighted by atomic mass is 9.73. The summed E-state index contributed by atoms with van der Waals surface area (Å²) in [7, 11) is 0. The molecule has 5 nitrogen and oxygen atoms in total. The monoisotopic (exact) mass is 321 g/mol. The summed E-state index contributed by atoms with van der Waals surface area (Å²) >= 11 is 0. The van der Waals surface area contributed by atoms with Gasteiger partial charge in [-0.25, -0.2) is 0 Å². The number of nitrogens with one attached hydrogen (secondary N) is 1. The van der Waals surface area contributed by atoms with Crippen LogP contribution in [0.2, 0.25) is 0 Å². The van der Waals surface area contributed by atoms with E-state index in [-0.39, 0.29) is 17.4 Å². The Bertz CT molecular complexity index is 536. The Hall–Kier alpha value is -1.36. The summed E-state index contributed by atoms with van der Waals surface area (Å²) in [6.07, 6.45) is 5.65. The summed E-state index contributed by atoms with van der Waals surface area (Å²) in [5, 5.41) is 17.7. The van der Waals surface area contributed by atoms with E-state index in [1.807, 2.05) is 17.7 Å². The molecule has 0 saturated heterocycles. The lowest BCUT2D eigenvalue weighted by Crippen LogP contribution is -2.45. The molecular weight excluding hydrogens is 290 g/mol. The number of rotatable bonds is 6. The number of hydrogen-bond donors (Lipinski definition) is 2. The smallest absolute Gasteiger partial charge is 0.271 e. The molecule has 5 heteroatoms. The van der Waals surface area contributed by atoms with Crippen LogP contribution in [-0.2, 0) is 0 Å². The van der Waals surface area contributed by atoms with Gasteiger partial charge in [0.2, 0.25) is 0 Å². The predicted molar refractivity (Wildman–Crippen MR) is 91.5 cm³/mol. The van der Waals surface area contributed by atoms with Crippen LogP contribution in [-0.4, -0.2) is 33.4 Å². The van der Waals surface area contributed by atoms with E-state index in [2.05, 4.69) is 31.2 Å². The zero-order valence-corrected chi connectivity index (χ0v) is 14.9. The molecule has 1 amide bonds. The first-order valence-electron chi connectivity index (χ1n) is 8.93. The van der Waals surface area contributed by atoms with Gasteiger partial charge in [0, 0.05) is 17.7 Å². The van der Waals surface area contributed by atoms with Crippen molar-refractivity contribution < 1.29 is 9.90 Å². The van der Waals surface area contributed by atoms with Crippen molar-refractivity contribution in [3.63, 3.8) is 0 Å². The number of carbonyl (C=O) groups excluding carboxylic acids is 1. The van der Waals surface area contributed by atoms with Crippen LogP contribution in [0.1, 0.15) is 81.5 Å². The van der Waals surface area contributed by atoms with Crippen molar-refractivity contribution in [2.75, 3.05) is 6.54 Å². The number of carbonyl (C=O) groups is 1. The standard InChI is InChI=1S/C18H31N3O2/c1-5-14(6-2)21-13(3)11-15(20-21)17(23)19-12-18(4)10-8-7-9-16(18)22/h11,14,16,22H,5-10,12H2,1-4H3,(H,19,23). The van der Waals surface area contributed by atoms with Crippen molar-refractivity contribution in [2.45, 2.75) is 78.4 Å². The fourth-order valence-electron chi connectivity index (χ4n) is 3.56. The highest BCUT2D eigenvalue weighted by Gasteiger charge is 2.35. The van der Waals surface area contributed by atoms with E-state index in [1.54, 1.807) is 0 Å². The first kappa shape index (κ1) is 18.0. The summed E-state index contributed by atoms with van der Waals surface area (Å²) in [5.41, 5.74) is 1.28. The second kappa shape index (κ2) is 7.47. The van der Waals surface area contributed by atoms with Crippen LogP contribution in [0.4, 0.5) is 0 Å². The average molecular weight is 321 g/mol. The molecule has 1 aliphatic carbocycles. The summed E-state index contributed by atoms with van der Waals surface area (Å²) in [4.78, 5) is 12.4. The van der Waals surface area contributed by atoms with Crippen LogP contribution in [0.15, 0.2) is 6.07 Å². The molecule has 2 N–H and O–H groups in total. The van der Waals surface area contributed by atoms with Crippen LogP contribution in [0, 0.1) is 12.3 Å². The van der Waals surface area contributed by atoms with Gasteiger partial charge in [0.1, 0.15) is 5.69 Å². The van der Waals surface area contributed by atoms with Gasteiger partial charge in [-0.3, -0.25) is 9.48 Å². The lowest BCUT2D eigenvalue weighted by molar-refractivity contribution is 0.00186. The summed E-state index contributed by atoms with van der Waals surface area (Å²) in [6, 6.07) is 2.20. The number of hydrogen-bond acceptors (Lipinski definition) is 3. The molecule has 23 heavy (non-hydrogen) atoms. The normalized spacial score (nSPS) is 24.9. The van der Waals surface area contributed by atoms with Gasteiger partial charge < -0.3 is 10.4 Å². The van der Waals surface area contributed by atoms with Crippen LogP contribution in [0.25, 0.3) is 0 Å². The minimum Gasteiger partial charge on any atom is -0.392 e. The molecule has 1 aromatic rings. The fourth-order valence-corrected chi connectivity index (χ4v) is 3.56. The molecule has 1 saturated carbocycles. The van der Waals surface area contributed by atoms with E-state index in [4.69, 9.17) is 0 Å². The van der Waals surface area contributed by atoms with Crippen LogP contribution in [0.5, 0.6) is 0 Å². The molecule has 2 atom stereocenters. The Kier molecular flexibility index (Phi) is 5.84. The van der Waals surface area contributed by atoms with Gasteiger partial charge in [-0.15, -0.1) is 0 Å². The maximum Gasteiger partial charge on any atom is 0.271 e. The van der Waals surface area contributed by atoms with Gasteiger partial charge in [-0.1, -0.05) is 33.6 Å². The van der Waals surface area contributed by atoms with E-state index >= 15 is 0 Å². The number of aromatic nitrogens is 2. The van der Waals surface area contributed by atoms with E-state index in [9.17, 15) is 9.90 Å². The average Bonchev–Trinajstić information content (AvgIpc) is 2.92. The van der Waals surface area contributed by atoms with Gasteiger partial charge in [-0.05, 0) is 38.7 Å². The third kappa shape index (κ3) is 3.94. The quantitative estimate of drug-likeness (QED) is 0.845. The molecule has 0 bridgehead atoms. The molecule has 0 aromatic carbocycles. The van der Waals surface area contributed by atoms with Gasteiger partial charge in [0.05, 0.1) is 12.1 Å². The highest BCUT2D eigenvalue weighted by molar-refractivity contribution is 5.92. The first-order chi connectivity index (χ1) is 10.9. The van der Waals surface area contributed by atoms with Crippen molar-refractivity contribution in [3.8, 4) is 0 Å². The number of aliphatic hydroxyl groups is 1. The van der Waals surface area contributed by atoms with E-state index in [0.717, 1.165) is 44.2 Å². The topological polar surface area (TPSA) is 67.2 Å². The Balaban J connectivity index is 2.02. The Morgan fingerprint density at radius 3 is 2.78 bits per heavy atom. The summed E-state index contributed by atoms with van der Waals surface area (Å²) < 4.78 is 1.96. The van der Waals surface area contributed by atoms with Gasteiger partial charge >= 0.3 is 0 Å². The maximum absolute atomic E-state index is 12.4. The van der Waals surface area contributed by atoms with E-state index < -0.39 is 0 Å². The zero-order valence-electron chi connectivity index (χ0n) is 14.9. The predicted octanol–water partition coefficient (Wildman–Crippen LogP) is 3.22. The molecule has 1 fully saturated rings. The van der Waals surface area contributed by atoms with Gasteiger partial charge in [0.25, 0.3) is 5.91 Å². The molecule has 1 heterocycles. The highest BCUT2D eigenvalue weighted by atomic mass is 16.3. The fraction of sp³-hybridized carbons (Fsp3) is 0.778. The molecule has 2 rings (SSSR count). The molecule has 1 aromatic heterocycles. The van der Waals surface area contributed by atoms with Gasteiger partial charge in [-0.2, -0.15) is 5.10 Å². The minimum absolute atomic E-state index is 0.142. The number of aryl methyl sites for hydroxylation is 1. The van der Waals surface area contributed by atoms with Crippen LogP contribution >= 0.6 is 0 Å². The van der Waals surface area contributed by atoms with Crippen LogP contribution in [0.3, 0.4) is 0 Å². The first-order valence-corrected chi connectivity index (χ1v) is 8.93. The van der Waals surface area contributed by atoms with E-state index in [0.29, 0.717) is 18.3 Å². The third-order valence-corrected chi connectivity index (χ3v) is 5.38. The van der Waals surface area contributed by atoms with Crippen molar-refractivity contribution >= 4 is 5.91 Å². The van der Waals surface area contributed by atoms with Crippen molar-refractivity contribution in [1.29, 1.82) is 0 Å². The third-order valence-electron chi connectivity index (χ3n) is 5.38. The van der Waals surface area contributed by atoms with E-state index in [1.165, 1.54) is 0 Å². The minimum atomic E-state index is -0.333. The largest absolute Gasteiger partial charge is 0.392 e. The summed E-state index contributed by atoms with van der Waals surface area (Å²) in [6.45, 7) is 8.84. The molecule has 1 aliphatic rings. The van der Waals surface area contributed by atoms with Crippen molar-refractivity contribution in [2.24, 2.45) is 5.41 Å². The Morgan fingerprint density at radius 1 is 1.48 bits per heavy atom. The Labute approximate surface area is 139 Å². The van der Waals surface area contributed by atoms with Gasteiger partial charge in [0.15, 0.2) is 0 Å².